The molecule has 0 fully saturated rings. The van der Waals surface area contributed by atoms with Crippen LogP contribution in [0.3, 0.4) is 0 Å². The third-order valence-electron chi connectivity index (χ3n) is 2.00. The van der Waals surface area contributed by atoms with E-state index in [2.05, 4.69) is 43.3 Å². The number of benzene rings is 1. The molecule has 1 rings (SSSR count). The molecule has 0 unspecified atom stereocenters. The predicted octanol–water partition coefficient (Wildman–Crippen LogP) is 1.77. The Morgan fingerprint density at radius 2 is 1.77 bits per heavy atom. The summed E-state index contributed by atoms with van der Waals surface area (Å²) in [6, 6.07) is 8.61. The average Bonchev–Trinajstić information content (AvgIpc) is 2.04. The Morgan fingerprint density at radius 3 is 2.15 bits per heavy atom. The number of nitrogens with zero attached hydrogens (tertiary/aromatic N) is 1. The second-order valence-corrected chi connectivity index (χ2v) is 3.77. The van der Waals surface area contributed by atoms with Crippen LogP contribution in [0.5, 0.6) is 0 Å². The minimum absolute atomic E-state index is 0.133. The summed E-state index contributed by atoms with van der Waals surface area (Å²) in [5.41, 5.74) is 8.28. The van der Waals surface area contributed by atoms with E-state index < -0.39 is 0 Å². The normalized spacial score (nSPS) is 13.3. The van der Waals surface area contributed by atoms with Crippen LogP contribution in [0.4, 0.5) is 0 Å². The summed E-state index contributed by atoms with van der Waals surface area (Å²) in [5, 5.41) is 0. The number of nitrogens with two attached hydrogens (primary N) is 1. The van der Waals surface area contributed by atoms with E-state index in [0.29, 0.717) is 0 Å². The van der Waals surface area contributed by atoms with Gasteiger partial charge >= 0.3 is 0 Å². The maximum absolute atomic E-state index is 5.75. The van der Waals surface area contributed by atoms with E-state index in [0.717, 1.165) is 6.54 Å². The lowest BCUT2D eigenvalue weighted by molar-refractivity contribution is 0.402. The van der Waals surface area contributed by atoms with Crippen LogP contribution in [0.2, 0.25) is 0 Å². The monoisotopic (exact) mass is 178 g/mol. The molecule has 0 amide bonds. The van der Waals surface area contributed by atoms with Gasteiger partial charge < -0.3 is 10.6 Å². The van der Waals surface area contributed by atoms with Crippen LogP contribution in [0.15, 0.2) is 24.3 Å². The predicted molar refractivity (Wildman–Crippen MR) is 56.4 cm³/mol. The Balaban J connectivity index is 2.70. The molecule has 72 valence electrons. The molecule has 1 aromatic carbocycles. The molecule has 1 aromatic rings. The van der Waals surface area contributed by atoms with E-state index in [1.807, 2.05) is 6.92 Å². The summed E-state index contributed by atoms with van der Waals surface area (Å²) in [4.78, 5) is 2.15. The third kappa shape index (κ3) is 3.17. The molecule has 0 aliphatic carbocycles. The van der Waals surface area contributed by atoms with Gasteiger partial charge in [-0.15, -0.1) is 0 Å². The van der Waals surface area contributed by atoms with Crippen molar-refractivity contribution >= 4 is 0 Å². The zero-order valence-electron chi connectivity index (χ0n) is 8.62. The Morgan fingerprint density at radius 1 is 1.23 bits per heavy atom. The highest BCUT2D eigenvalue weighted by molar-refractivity contribution is 5.24. The fourth-order valence-electron chi connectivity index (χ4n) is 1.29. The van der Waals surface area contributed by atoms with Gasteiger partial charge in [0.1, 0.15) is 0 Å². The molecule has 2 nitrogen and oxygen atoms in total. The van der Waals surface area contributed by atoms with Crippen LogP contribution in [0, 0.1) is 0 Å². The second kappa shape index (κ2) is 4.40. The maximum atomic E-state index is 5.75. The van der Waals surface area contributed by atoms with Gasteiger partial charge in [0.25, 0.3) is 0 Å². The highest BCUT2D eigenvalue weighted by Gasteiger charge is 1.99. The molecular weight excluding hydrogens is 160 g/mol. The summed E-state index contributed by atoms with van der Waals surface area (Å²) in [5.74, 6) is 0. The number of hydrogen-bond acceptors (Lipinski definition) is 2. The molecule has 0 radical (unpaired) electrons. The highest BCUT2D eigenvalue weighted by Crippen LogP contribution is 2.11. The van der Waals surface area contributed by atoms with E-state index in [1.165, 1.54) is 11.1 Å². The Bertz CT molecular complexity index is 249. The maximum Gasteiger partial charge on any atom is 0.0266 e. The first kappa shape index (κ1) is 10.2. The van der Waals surface area contributed by atoms with Crippen molar-refractivity contribution in [1.29, 1.82) is 0 Å². The molecule has 0 bridgehead atoms. The van der Waals surface area contributed by atoms with Gasteiger partial charge in [-0.3, -0.25) is 0 Å². The van der Waals surface area contributed by atoms with Gasteiger partial charge in [0.2, 0.25) is 0 Å². The van der Waals surface area contributed by atoms with E-state index >= 15 is 0 Å². The van der Waals surface area contributed by atoms with Crippen LogP contribution in [0.1, 0.15) is 24.1 Å². The molecule has 0 spiro atoms. The topological polar surface area (TPSA) is 29.3 Å². The zero-order valence-corrected chi connectivity index (χ0v) is 8.62. The van der Waals surface area contributed by atoms with Crippen molar-refractivity contribution in [2.45, 2.75) is 19.5 Å². The van der Waals surface area contributed by atoms with Crippen molar-refractivity contribution in [3.8, 4) is 0 Å². The van der Waals surface area contributed by atoms with Crippen molar-refractivity contribution in [1.82, 2.24) is 4.90 Å². The fraction of sp³-hybridized carbons (Fsp3) is 0.455. The fourth-order valence-corrected chi connectivity index (χ4v) is 1.29. The summed E-state index contributed by atoms with van der Waals surface area (Å²) >= 11 is 0. The summed E-state index contributed by atoms with van der Waals surface area (Å²) < 4.78 is 0. The van der Waals surface area contributed by atoms with Crippen LogP contribution in [-0.4, -0.2) is 19.0 Å². The molecule has 0 aromatic heterocycles. The minimum atomic E-state index is 0.133. The lowest BCUT2D eigenvalue weighted by Gasteiger charge is -2.11. The molecule has 0 aliphatic heterocycles. The van der Waals surface area contributed by atoms with Gasteiger partial charge in [-0.2, -0.15) is 0 Å². The zero-order chi connectivity index (χ0) is 9.84. The molecule has 2 heteroatoms. The van der Waals surface area contributed by atoms with Crippen LogP contribution >= 0.6 is 0 Å². The SMILES string of the molecule is C[C@@H](N)c1ccc(CN(C)C)cc1. The Hall–Kier alpha value is -0.860. The standard InChI is InChI=1S/C11H18N2/c1-9(12)11-6-4-10(5-7-11)8-13(2)3/h4-7,9H,8,12H2,1-3H3/t9-/m1/s1. The molecule has 0 saturated heterocycles. The highest BCUT2D eigenvalue weighted by atomic mass is 15.0. The van der Waals surface area contributed by atoms with Crippen molar-refractivity contribution in [3.05, 3.63) is 35.4 Å². The van der Waals surface area contributed by atoms with E-state index in [9.17, 15) is 0 Å². The lowest BCUT2D eigenvalue weighted by atomic mass is 10.1. The summed E-state index contributed by atoms with van der Waals surface area (Å²) in [6.07, 6.45) is 0. The average molecular weight is 178 g/mol. The van der Waals surface area contributed by atoms with E-state index in [-0.39, 0.29) is 6.04 Å². The molecule has 0 aliphatic rings. The third-order valence-corrected chi connectivity index (χ3v) is 2.00. The van der Waals surface area contributed by atoms with Crippen LogP contribution < -0.4 is 5.73 Å². The first-order valence-electron chi connectivity index (χ1n) is 4.58. The van der Waals surface area contributed by atoms with E-state index in [4.69, 9.17) is 5.73 Å². The van der Waals surface area contributed by atoms with Crippen molar-refractivity contribution in [2.24, 2.45) is 5.73 Å². The van der Waals surface area contributed by atoms with Crippen molar-refractivity contribution in [2.75, 3.05) is 14.1 Å². The first-order valence-corrected chi connectivity index (χ1v) is 4.58. The second-order valence-electron chi connectivity index (χ2n) is 3.77. The largest absolute Gasteiger partial charge is 0.324 e. The Kier molecular flexibility index (Phi) is 3.46. The molecule has 13 heavy (non-hydrogen) atoms. The van der Waals surface area contributed by atoms with E-state index in [1.54, 1.807) is 0 Å². The molecule has 2 N–H and O–H groups in total. The number of hydrogen-bond donors (Lipinski definition) is 1. The molecular formula is C11H18N2. The van der Waals surface area contributed by atoms with Gasteiger partial charge in [-0.1, -0.05) is 24.3 Å². The minimum Gasteiger partial charge on any atom is -0.324 e. The molecule has 0 heterocycles. The van der Waals surface area contributed by atoms with Crippen molar-refractivity contribution < 1.29 is 0 Å². The van der Waals surface area contributed by atoms with Gasteiger partial charge in [0, 0.05) is 12.6 Å². The summed E-state index contributed by atoms with van der Waals surface area (Å²) in [6.45, 7) is 2.99. The van der Waals surface area contributed by atoms with Crippen LogP contribution in [0.25, 0.3) is 0 Å². The Labute approximate surface area is 80.4 Å². The quantitative estimate of drug-likeness (QED) is 0.764. The lowest BCUT2D eigenvalue weighted by Crippen LogP contribution is -2.11. The molecule has 1 atom stereocenters. The van der Waals surface area contributed by atoms with Gasteiger partial charge in [-0.25, -0.2) is 0 Å². The summed E-state index contributed by atoms with van der Waals surface area (Å²) in [7, 11) is 4.14. The van der Waals surface area contributed by atoms with Gasteiger partial charge in [-0.05, 0) is 32.1 Å². The van der Waals surface area contributed by atoms with Gasteiger partial charge in [0.05, 0.1) is 0 Å². The number of rotatable bonds is 3. The first-order chi connectivity index (χ1) is 6.09. The van der Waals surface area contributed by atoms with Crippen molar-refractivity contribution in [3.63, 3.8) is 0 Å². The molecule has 0 saturated carbocycles. The smallest absolute Gasteiger partial charge is 0.0266 e. The van der Waals surface area contributed by atoms with Gasteiger partial charge in [0.15, 0.2) is 0 Å². The van der Waals surface area contributed by atoms with Crippen LogP contribution in [-0.2, 0) is 6.54 Å².